The number of esters is 1. The number of ether oxygens (including phenoxy) is 2. The summed E-state index contributed by atoms with van der Waals surface area (Å²) in [4.78, 5) is 11.6. The lowest BCUT2D eigenvalue weighted by atomic mass is 10.1. The van der Waals surface area contributed by atoms with Crippen LogP contribution in [-0.4, -0.2) is 31.7 Å². The minimum atomic E-state index is -0.570. The summed E-state index contributed by atoms with van der Waals surface area (Å²) in [6.45, 7) is 2.13. The Hall–Kier alpha value is -1.50. The van der Waals surface area contributed by atoms with Crippen molar-refractivity contribution in [2.24, 2.45) is 0 Å². The van der Waals surface area contributed by atoms with Gasteiger partial charge in [0.1, 0.15) is 0 Å². The van der Waals surface area contributed by atoms with E-state index in [1.165, 1.54) is 7.11 Å². The number of methoxy groups -OCH3 is 1. The Morgan fingerprint density at radius 1 is 1.37 bits per heavy atom. The molecule has 1 aromatic carbocycles. The Kier molecular flexibility index (Phi) is 7.02. The predicted octanol–water partition coefficient (Wildman–Crippen LogP) is 2.40. The molecule has 0 spiro atoms. The molecule has 0 aliphatic heterocycles. The Bertz CT molecular complexity index is 457. The third-order valence-electron chi connectivity index (χ3n) is 2.51. The van der Waals surface area contributed by atoms with Gasteiger partial charge in [-0.2, -0.15) is 0 Å². The van der Waals surface area contributed by atoms with Gasteiger partial charge in [0.2, 0.25) is 0 Å². The molecular formula is C15H17ClO3. The number of alkyl halides is 1. The molecule has 1 rings (SSSR count). The summed E-state index contributed by atoms with van der Waals surface area (Å²) >= 11 is 5.49. The maximum Gasteiger partial charge on any atom is 0.335 e. The van der Waals surface area contributed by atoms with Crippen molar-refractivity contribution >= 4 is 17.6 Å². The third-order valence-corrected chi connectivity index (χ3v) is 2.64. The lowest BCUT2D eigenvalue weighted by molar-refractivity contribution is -0.154. The summed E-state index contributed by atoms with van der Waals surface area (Å²) in [5.41, 5.74) is 1.89. The smallest absolute Gasteiger partial charge is 0.335 e. The molecule has 0 amide bonds. The van der Waals surface area contributed by atoms with Crippen molar-refractivity contribution in [1.82, 2.24) is 0 Å². The monoisotopic (exact) mass is 280 g/mol. The van der Waals surface area contributed by atoms with Crippen LogP contribution in [0, 0.1) is 11.8 Å². The fraction of sp³-hybridized carbons (Fsp3) is 0.400. The van der Waals surface area contributed by atoms with E-state index in [4.69, 9.17) is 21.1 Å². The number of halogens is 1. The van der Waals surface area contributed by atoms with E-state index in [2.05, 4.69) is 11.8 Å². The van der Waals surface area contributed by atoms with Gasteiger partial charge in [-0.15, -0.1) is 11.6 Å². The summed E-state index contributed by atoms with van der Waals surface area (Å²) in [6.07, 6.45) is -0.0850. The van der Waals surface area contributed by atoms with Crippen molar-refractivity contribution < 1.29 is 14.3 Å². The van der Waals surface area contributed by atoms with Gasteiger partial charge in [0.15, 0.2) is 6.10 Å². The Morgan fingerprint density at radius 2 is 2.05 bits per heavy atom. The second-order valence-corrected chi connectivity index (χ2v) is 4.08. The minimum absolute atomic E-state index is 0.316. The molecule has 0 heterocycles. The Labute approximate surface area is 118 Å². The zero-order chi connectivity index (χ0) is 14.1. The molecule has 0 N–H and O–H groups in total. The molecule has 19 heavy (non-hydrogen) atoms. The van der Waals surface area contributed by atoms with E-state index in [1.54, 1.807) is 6.92 Å². The van der Waals surface area contributed by atoms with Crippen LogP contribution in [0.2, 0.25) is 0 Å². The van der Waals surface area contributed by atoms with E-state index < -0.39 is 6.10 Å². The molecule has 0 radical (unpaired) electrons. The van der Waals surface area contributed by atoms with E-state index in [9.17, 15) is 4.79 Å². The highest BCUT2D eigenvalue weighted by molar-refractivity contribution is 6.19. The fourth-order valence-corrected chi connectivity index (χ4v) is 1.64. The third kappa shape index (κ3) is 5.34. The first-order chi connectivity index (χ1) is 9.21. The lowest BCUT2D eigenvalue weighted by Gasteiger charge is -2.13. The van der Waals surface area contributed by atoms with Crippen LogP contribution in [-0.2, 0) is 20.7 Å². The van der Waals surface area contributed by atoms with Gasteiger partial charge in [0, 0.05) is 19.1 Å². The predicted molar refractivity (Wildman–Crippen MR) is 75.2 cm³/mol. The molecule has 102 valence electrons. The van der Waals surface area contributed by atoms with Gasteiger partial charge in [-0.3, -0.25) is 0 Å². The molecule has 1 atom stereocenters. The standard InChI is InChI=1S/C15H17ClO3/c1-3-19-15(17)14(18-2)11-13-8-6-12(7-9-13)5-4-10-16/h6-9,14H,3,10-11H2,1-2H3/t14-/m0/s1. The highest BCUT2D eigenvalue weighted by Gasteiger charge is 2.19. The molecule has 0 fully saturated rings. The molecule has 0 unspecified atom stereocenters. The van der Waals surface area contributed by atoms with E-state index >= 15 is 0 Å². The SMILES string of the molecule is CCOC(=O)[C@H](Cc1ccc(C#CCCl)cc1)OC. The lowest BCUT2D eigenvalue weighted by Crippen LogP contribution is -2.27. The molecule has 3 nitrogen and oxygen atoms in total. The number of rotatable bonds is 5. The van der Waals surface area contributed by atoms with E-state index in [0.717, 1.165) is 11.1 Å². The van der Waals surface area contributed by atoms with Crippen LogP contribution in [0.1, 0.15) is 18.1 Å². The highest BCUT2D eigenvalue weighted by Crippen LogP contribution is 2.09. The van der Waals surface area contributed by atoms with Gasteiger partial charge in [-0.1, -0.05) is 24.0 Å². The molecule has 0 bridgehead atoms. The van der Waals surface area contributed by atoms with Crippen molar-refractivity contribution in [3.05, 3.63) is 35.4 Å². The second kappa shape index (κ2) is 8.58. The quantitative estimate of drug-likeness (QED) is 0.472. The van der Waals surface area contributed by atoms with Crippen molar-refractivity contribution in [2.45, 2.75) is 19.4 Å². The zero-order valence-corrected chi connectivity index (χ0v) is 11.9. The van der Waals surface area contributed by atoms with E-state index in [-0.39, 0.29) is 5.97 Å². The zero-order valence-electron chi connectivity index (χ0n) is 11.1. The van der Waals surface area contributed by atoms with Crippen LogP contribution in [0.5, 0.6) is 0 Å². The molecule has 1 aromatic rings. The molecule has 4 heteroatoms. The van der Waals surface area contributed by atoms with Crippen molar-refractivity contribution in [3.63, 3.8) is 0 Å². The summed E-state index contributed by atoms with van der Waals surface area (Å²) < 4.78 is 10.1. The maximum absolute atomic E-state index is 11.6. The summed E-state index contributed by atoms with van der Waals surface area (Å²) in [5.74, 6) is 5.69. The van der Waals surface area contributed by atoms with E-state index in [0.29, 0.717) is 18.9 Å². The van der Waals surface area contributed by atoms with Crippen molar-refractivity contribution in [2.75, 3.05) is 19.6 Å². The van der Waals surface area contributed by atoms with Gasteiger partial charge in [0.25, 0.3) is 0 Å². The summed E-state index contributed by atoms with van der Waals surface area (Å²) in [5, 5.41) is 0. The average Bonchev–Trinajstić information content (AvgIpc) is 2.44. The normalized spacial score (nSPS) is 11.3. The van der Waals surface area contributed by atoms with Gasteiger partial charge < -0.3 is 9.47 Å². The maximum atomic E-state index is 11.6. The van der Waals surface area contributed by atoms with Crippen LogP contribution < -0.4 is 0 Å². The van der Waals surface area contributed by atoms with Gasteiger partial charge in [-0.05, 0) is 24.6 Å². The highest BCUT2D eigenvalue weighted by atomic mass is 35.5. The number of hydrogen-bond donors (Lipinski definition) is 0. The molecule has 0 aliphatic rings. The van der Waals surface area contributed by atoms with Gasteiger partial charge in [-0.25, -0.2) is 4.79 Å². The number of benzene rings is 1. The summed E-state index contributed by atoms with van der Waals surface area (Å²) in [7, 11) is 1.50. The molecule has 0 saturated heterocycles. The number of carbonyl (C=O) groups is 1. The minimum Gasteiger partial charge on any atom is -0.464 e. The average molecular weight is 281 g/mol. The first kappa shape index (κ1) is 15.6. The Morgan fingerprint density at radius 3 is 2.58 bits per heavy atom. The van der Waals surface area contributed by atoms with Crippen LogP contribution in [0.15, 0.2) is 24.3 Å². The van der Waals surface area contributed by atoms with E-state index in [1.807, 2.05) is 24.3 Å². The molecular weight excluding hydrogens is 264 g/mol. The van der Waals surface area contributed by atoms with Crippen LogP contribution in [0.25, 0.3) is 0 Å². The van der Waals surface area contributed by atoms with Gasteiger partial charge >= 0.3 is 5.97 Å². The van der Waals surface area contributed by atoms with Crippen molar-refractivity contribution in [1.29, 1.82) is 0 Å². The molecule has 0 aliphatic carbocycles. The molecule has 0 aromatic heterocycles. The number of hydrogen-bond acceptors (Lipinski definition) is 3. The summed E-state index contributed by atoms with van der Waals surface area (Å²) in [6, 6.07) is 7.63. The van der Waals surface area contributed by atoms with Gasteiger partial charge in [0.05, 0.1) is 12.5 Å². The largest absolute Gasteiger partial charge is 0.464 e. The Balaban J connectivity index is 2.67. The second-order valence-electron chi connectivity index (χ2n) is 3.81. The molecule has 0 saturated carbocycles. The van der Waals surface area contributed by atoms with Crippen molar-refractivity contribution in [3.8, 4) is 11.8 Å². The first-order valence-corrected chi connectivity index (χ1v) is 6.58. The number of carbonyl (C=O) groups excluding carboxylic acids is 1. The van der Waals surface area contributed by atoms with Crippen LogP contribution in [0.4, 0.5) is 0 Å². The first-order valence-electron chi connectivity index (χ1n) is 6.04. The fourth-order valence-electron chi connectivity index (χ4n) is 1.57. The van der Waals surface area contributed by atoms with Crippen LogP contribution in [0.3, 0.4) is 0 Å². The van der Waals surface area contributed by atoms with Crippen LogP contribution >= 0.6 is 11.6 Å². The topological polar surface area (TPSA) is 35.5 Å².